The molecule has 5 nitrogen and oxygen atoms in total. The number of piperidine rings is 1. The summed E-state index contributed by atoms with van der Waals surface area (Å²) in [4.78, 5) is 12.5. The molecule has 0 aliphatic carbocycles. The van der Waals surface area contributed by atoms with Crippen LogP contribution < -0.4 is 5.32 Å². The first-order chi connectivity index (χ1) is 11.0. The number of nitrogens with zero attached hydrogens (tertiary/aromatic N) is 1. The molecule has 0 aromatic heterocycles. The summed E-state index contributed by atoms with van der Waals surface area (Å²) in [5.41, 5.74) is 1.28. The molecule has 1 saturated heterocycles. The van der Waals surface area contributed by atoms with E-state index in [1.807, 2.05) is 46.8 Å². The second-order valence-corrected chi connectivity index (χ2v) is 9.58. The maximum Gasteiger partial charge on any atom is 0.243 e. The second-order valence-electron chi connectivity index (χ2n) is 7.67. The highest BCUT2D eigenvalue weighted by Gasteiger charge is 2.32. The van der Waals surface area contributed by atoms with Crippen molar-refractivity contribution in [1.29, 1.82) is 0 Å². The molecule has 1 aliphatic heterocycles. The molecular formula is C18H28N2O3S. The summed E-state index contributed by atoms with van der Waals surface area (Å²) in [6.45, 7) is 10.2. The Labute approximate surface area is 145 Å². The Morgan fingerprint density at radius 2 is 1.75 bits per heavy atom. The molecule has 0 saturated carbocycles. The van der Waals surface area contributed by atoms with Crippen LogP contribution in [0.3, 0.4) is 0 Å². The Balaban J connectivity index is 2.06. The first-order valence-electron chi connectivity index (χ1n) is 8.40. The summed E-state index contributed by atoms with van der Waals surface area (Å²) in [6, 6.07) is 5.54. The number of amides is 1. The number of carbonyl (C=O) groups is 1. The molecule has 1 aliphatic rings. The lowest BCUT2D eigenvalue weighted by atomic mass is 9.94. The van der Waals surface area contributed by atoms with Crippen molar-refractivity contribution >= 4 is 15.9 Å². The molecule has 1 N–H and O–H groups in total. The monoisotopic (exact) mass is 352 g/mol. The molecule has 0 atom stereocenters. The average Bonchev–Trinajstić information content (AvgIpc) is 2.49. The van der Waals surface area contributed by atoms with Gasteiger partial charge in [-0.15, -0.1) is 0 Å². The van der Waals surface area contributed by atoms with Crippen LogP contribution in [-0.2, 0) is 14.8 Å². The minimum Gasteiger partial charge on any atom is -0.353 e. The van der Waals surface area contributed by atoms with Gasteiger partial charge in [0.25, 0.3) is 0 Å². The Morgan fingerprint density at radius 1 is 1.17 bits per heavy atom. The molecule has 1 aromatic carbocycles. The summed E-state index contributed by atoms with van der Waals surface area (Å²) in [5.74, 6) is 0.0123. The summed E-state index contributed by atoms with van der Waals surface area (Å²) in [6.07, 6.45) is 1.29. The summed E-state index contributed by atoms with van der Waals surface area (Å²) in [7, 11) is -3.47. The van der Waals surface area contributed by atoms with Gasteiger partial charge in [-0.25, -0.2) is 8.42 Å². The number of aryl methyl sites for hydroxylation is 2. The van der Waals surface area contributed by atoms with Crippen LogP contribution in [0.4, 0.5) is 0 Å². The van der Waals surface area contributed by atoms with E-state index in [1.54, 1.807) is 6.07 Å². The van der Waals surface area contributed by atoms with E-state index in [0.29, 0.717) is 30.8 Å². The summed E-state index contributed by atoms with van der Waals surface area (Å²) >= 11 is 0. The van der Waals surface area contributed by atoms with E-state index in [0.717, 1.165) is 11.1 Å². The first-order valence-corrected chi connectivity index (χ1v) is 9.84. The average molecular weight is 353 g/mol. The van der Waals surface area contributed by atoms with E-state index < -0.39 is 15.4 Å². The van der Waals surface area contributed by atoms with Gasteiger partial charge in [-0.3, -0.25) is 4.79 Å². The Bertz CT molecular complexity index is 712. The van der Waals surface area contributed by atoms with Gasteiger partial charge >= 0.3 is 0 Å². The van der Waals surface area contributed by atoms with Gasteiger partial charge in [0.1, 0.15) is 0 Å². The van der Waals surface area contributed by atoms with E-state index in [1.165, 1.54) is 4.31 Å². The zero-order valence-corrected chi connectivity index (χ0v) is 16.0. The number of hydrogen-bond donors (Lipinski definition) is 1. The van der Waals surface area contributed by atoms with Crippen LogP contribution in [0, 0.1) is 19.3 Å². The molecule has 24 heavy (non-hydrogen) atoms. The highest BCUT2D eigenvalue weighted by atomic mass is 32.2. The van der Waals surface area contributed by atoms with E-state index in [2.05, 4.69) is 5.32 Å². The zero-order valence-electron chi connectivity index (χ0n) is 15.2. The standard InChI is InChI=1S/C18H28N2O3S/c1-13-6-7-14(2)16(12-13)24(22,23)20-10-8-15(9-11-20)19-17(21)18(3,4)5/h6-7,12,15H,8-11H2,1-5H3,(H,19,21). The Kier molecular flexibility index (Phi) is 5.40. The largest absolute Gasteiger partial charge is 0.353 e. The highest BCUT2D eigenvalue weighted by molar-refractivity contribution is 7.89. The summed E-state index contributed by atoms with van der Waals surface area (Å²) < 4.78 is 27.3. The van der Waals surface area contributed by atoms with Crippen LogP contribution >= 0.6 is 0 Å². The Morgan fingerprint density at radius 3 is 2.29 bits per heavy atom. The van der Waals surface area contributed by atoms with Gasteiger partial charge < -0.3 is 5.32 Å². The first kappa shape index (κ1) is 18.9. The number of sulfonamides is 1. The molecule has 0 bridgehead atoms. The van der Waals surface area contributed by atoms with Crippen LogP contribution in [0.2, 0.25) is 0 Å². The quantitative estimate of drug-likeness (QED) is 0.909. The lowest BCUT2D eigenvalue weighted by molar-refractivity contribution is -0.129. The zero-order chi connectivity index (χ0) is 18.1. The van der Waals surface area contributed by atoms with Crippen LogP contribution in [0.25, 0.3) is 0 Å². The number of benzene rings is 1. The molecule has 1 heterocycles. The van der Waals surface area contributed by atoms with Crippen molar-refractivity contribution in [3.8, 4) is 0 Å². The van der Waals surface area contributed by atoms with Gasteiger partial charge in [-0.2, -0.15) is 4.31 Å². The third-order valence-electron chi connectivity index (χ3n) is 4.43. The van der Waals surface area contributed by atoms with Crippen LogP contribution in [0.1, 0.15) is 44.7 Å². The van der Waals surface area contributed by atoms with Gasteiger partial charge in [-0.05, 0) is 43.9 Å². The third kappa shape index (κ3) is 4.16. The van der Waals surface area contributed by atoms with Crippen molar-refractivity contribution < 1.29 is 13.2 Å². The molecule has 2 rings (SSSR count). The maximum atomic E-state index is 12.9. The third-order valence-corrected chi connectivity index (χ3v) is 6.47. The minimum absolute atomic E-state index is 0.0123. The predicted octanol–water partition coefficient (Wildman–Crippen LogP) is 2.62. The number of hydrogen-bond acceptors (Lipinski definition) is 3. The molecule has 134 valence electrons. The van der Waals surface area contributed by atoms with Gasteiger partial charge in [0, 0.05) is 24.5 Å². The van der Waals surface area contributed by atoms with Gasteiger partial charge in [0.05, 0.1) is 4.90 Å². The lowest BCUT2D eigenvalue weighted by Crippen LogP contribution is -2.49. The van der Waals surface area contributed by atoms with Crippen LogP contribution in [0.5, 0.6) is 0 Å². The molecule has 1 fully saturated rings. The number of carbonyl (C=O) groups excluding carboxylic acids is 1. The van der Waals surface area contributed by atoms with Crippen molar-refractivity contribution in [2.24, 2.45) is 5.41 Å². The smallest absolute Gasteiger partial charge is 0.243 e. The molecule has 1 amide bonds. The van der Waals surface area contributed by atoms with Gasteiger partial charge in [-0.1, -0.05) is 32.9 Å². The van der Waals surface area contributed by atoms with Gasteiger partial charge in [0.2, 0.25) is 15.9 Å². The second kappa shape index (κ2) is 6.84. The molecule has 0 spiro atoms. The van der Waals surface area contributed by atoms with Crippen molar-refractivity contribution in [1.82, 2.24) is 9.62 Å². The maximum absolute atomic E-state index is 12.9. The van der Waals surface area contributed by atoms with E-state index >= 15 is 0 Å². The fraction of sp³-hybridized carbons (Fsp3) is 0.611. The molecule has 0 radical (unpaired) electrons. The van der Waals surface area contributed by atoms with E-state index in [-0.39, 0.29) is 11.9 Å². The summed E-state index contributed by atoms with van der Waals surface area (Å²) in [5, 5.41) is 3.03. The number of rotatable bonds is 3. The molecule has 0 unspecified atom stereocenters. The van der Waals surface area contributed by atoms with E-state index in [4.69, 9.17) is 0 Å². The number of nitrogens with one attached hydrogen (secondary N) is 1. The predicted molar refractivity (Wildman–Crippen MR) is 95.3 cm³/mol. The Hall–Kier alpha value is -1.40. The minimum atomic E-state index is -3.47. The van der Waals surface area contributed by atoms with Crippen molar-refractivity contribution in [2.75, 3.05) is 13.1 Å². The topological polar surface area (TPSA) is 66.5 Å². The molecule has 1 aromatic rings. The lowest BCUT2D eigenvalue weighted by Gasteiger charge is -2.33. The molecular weight excluding hydrogens is 324 g/mol. The fourth-order valence-corrected chi connectivity index (χ4v) is 4.55. The fourth-order valence-electron chi connectivity index (χ4n) is 2.77. The molecule has 6 heteroatoms. The SMILES string of the molecule is Cc1ccc(C)c(S(=O)(=O)N2CCC(NC(=O)C(C)(C)C)CC2)c1. The van der Waals surface area contributed by atoms with Gasteiger partial charge in [0.15, 0.2) is 0 Å². The van der Waals surface area contributed by atoms with Crippen molar-refractivity contribution in [2.45, 2.75) is 58.4 Å². The normalized spacial score (nSPS) is 17.7. The van der Waals surface area contributed by atoms with Crippen molar-refractivity contribution in [3.63, 3.8) is 0 Å². The van der Waals surface area contributed by atoms with E-state index in [9.17, 15) is 13.2 Å². The van der Waals surface area contributed by atoms with Crippen molar-refractivity contribution in [3.05, 3.63) is 29.3 Å². The van der Waals surface area contributed by atoms with Crippen LogP contribution in [0.15, 0.2) is 23.1 Å². The highest BCUT2D eigenvalue weighted by Crippen LogP contribution is 2.25. The van der Waals surface area contributed by atoms with Crippen LogP contribution in [-0.4, -0.2) is 37.8 Å².